The number of nitrogens with zero attached hydrogens (tertiary/aromatic N) is 3. The molecule has 3 nitrogen and oxygen atoms in total. The normalized spacial score (nSPS) is 12.8. The lowest BCUT2D eigenvalue weighted by atomic mass is 9.89. The lowest BCUT2D eigenvalue weighted by Gasteiger charge is -2.22. The van der Waals surface area contributed by atoms with E-state index < -0.39 is 0 Å². The average Bonchev–Trinajstić information content (AvgIpc) is 4.14. The molecule has 0 aliphatic rings. The number of aromatic nitrogens is 3. The van der Waals surface area contributed by atoms with Crippen molar-refractivity contribution in [3.8, 4) is 0 Å². The smallest absolute Gasteiger partial charge is 0.0655 e. The Balaban J connectivity index is 1.26. The first-order valence-electron chi connectivity index (χ1n) is 21.9. The molecule has 0 amide bonds. The van der Waals surface area contributed by atoms with E-state index in [0.717, 1.165) is 0 Å². The van der Waals surface area contributed by atoms with E-state index in [4.69, 9.17) is 0 Å². The van der Waals surface area contributed by atoms with Gasteiger partial charge < -0.3 is 13.2 Å². The first kappa shape index (κ1) is 32.4. The zero-order valence-electron chi connectivity index (χ0n) is 33.9. The molecule has 3 heteroatoms. The van der Waals surface area contributed by atoms with Crippen molar-refractivity contribution < 1.29 is 0 Å². The van der Waals surface area contributed by atoms with Gasteiger partial charge in [0.15, 0.2) is 0 Å². The predicted octanol–water partition coefficient (Wildman–Crippen LogP) is 16.3. The van der Waals surface area contributed by atoms with Gasteiger partial charge in [-0.15, -0.1) is 0 Å². The topological polar surface area (TPSA) is 13.2 Å². The van der Waals surface area contributed by atoms with Crippen LogP contribution in [0.2, 0.25) is 0 Å². The molecule has 0 atom stereocenters. The summed E-state index contributed by atoms with van der Waals surface area (Å²) in [4.78, 5) is 0. The molecule has 10 aromatic carbocycles. The number of benzene rings is 10. The van der Waals surface area contributed by atoms with Gasteiger partial charge in [-0.1, -0.05) is 109 Å². The molecular weight excluding hydrogens is 763 g/mol. The van der Waals surface area contributed by atoms with Gasteiger partial charge in [-0.05, 0) is 154 Å². The van der Waals surface area contributed by atoms with Crippen LogP contribution in [-0.4, -0.2) is 13.2 Å². The van der Waals surface area contributed by atoms with Crippen LogP contribution in [0.3, 0.4) is 0 Å². The number of hydrogen-bond acceptors (Lipinski definition) is 0. The van der Waals surface area contributed by atoms with Gasteiger partial charge >= 0.3 is 0 Å². The average molecular weight is 796 g/mol. The molecule has 6 heterocycles. The van der Waals surface area contributed by atoms with E-state index in [1.54, 1.807) is 0 Å². The maximum Gasteiger partial charge on any atom is 0.0655 e. The lowest BCUT2D eigenvalue weighted by molar-refractivity contribution is 1.26. The van der Waals surface area contributed by atoms with Gasteiger partial charge in [0.1, 0.15) is 0 Å². The van der Waals surface area contributed by atoms with E-state index in [1.807, 2.05) is 0 Å². The summed E-state index contributed by atoms with van der Waals surface area (Å²) >= 11 is 0. The van der Waals surface area contributed by atoms with Crippen LogP contribution in [0, 0.1) is 0 Å². The summed E-state index contributed by atoms with van der Waals surface area (Å²) in [7, 11) is 0. The molecule has 288 valence electrons. The molecule has 0 unspecified atom stereocenters. The minimum Gasteiger partial charge on any atom is -0.315 e. The van der Waals surface area contributed by atoms with Gasteiger partial charge in [-0.3, -0.25) is 0 Å². The van der Waals surface area contributed by atoms with Crippen molar-refractivity contribution in [1.82, 2.24) is 13.2 Å². The summed E-state index contributed by atoms with van der Waals surface area (Å²) < 4.78 is 7.54. The molecule has 0 fully saturated rings. The quantitative estimate of drug-likeness (QED) is 0.107. The first-order valence-corrected chi connectivity index (χ1v) is 21.9. The van der Waals surface area contributed by atoms with Gasteiger partial charge in [-0.2, -0.15) is 0 Å². The molecule has 16 rings (SSSR count). The lowest BCUT2D eigenvalue weighted by Crippen LogP contribution is -2.02. The Labute approximate surface area is 358 Å². The number of hydrogen-bond donors (Lipinski definition) is 0. The standard InChI is InChI=1S/C60H33N3/c1-4-13-37-31-46-40(28-34(37)10-1)19-22-43-52(46)49-16-7-25-61(49)58-55(43)59-57(45-24-21-42-30-36-12-3-6-15-39(36)33-48(42)54(45)50-17-8-26-62(50)59)60-56(58)44-23-20-41-29-35-11-2-5-14-38(35)32-47(41)53(44)51-18-9-27-63(51)60/h1-33H. The SMILES string of the molecule is c1ccc2cc3c(ccc4c3c3cccn3c3c5c6ccc7cc8ccccc8cc7c6c6cccn6c5c5c6ccc7cc8ccccc8cc7c6c6cccn6c5c43)cc2c1. The zero-order valence-corrected chi connectivity index (χ0v) is 33.9. The van der Waals surface area contributed by atoms with Gasteiger partial charge in [-0.25, -0.2) is 0 Å². The van der Waals surface area contributed by atoms with E-state index in [9.17, 15) is 0 Å². The number of rotatable bonds is 0. The molecule has 0 radical (unpaired) electrons. The van der Waals surface area contributed by atoms with Crippen LogP contribution in [0.15, 0.2) is 201 Å². The predicted molar refractivity (Wildman–Crippen MR) is 269 cm³/mol. The third-order valence-electron chi connectivity index (χ3n) is 14.6. The van der Waals surface area contributed by atoms with E-state index in [0.29, 0.717) is 0 Å². The summed E-state index contributed by atoms with van der Waals surface area (Å²) in [6.45, 7) is 0. The maximum absolute atomic E-state index is 2.51. The van der Waals surface area contributed by atoms with E-state index >= 15 is 0 Å². The first-order chi connectivity index (χ1) is 31.2. The van der Waals surface area contributed by atoms with Crippen molar-refractivity contribution in [3.05, 3.63) is 201 Å². The van der Waals surface area contributed by atoms with Crippen molar-refractivity contribution in [2.75, 3.05) is 0 Å². The Morgan fingerprint density at radius 3 is 0.794 bits per heavy atom. The fourth-order valence-corrected chi connectivity index (χ4v) is 12.0. The van der Waals surface area contributed by atoms with Crippen LogP contribution in [-0.2, 0) is 0 Å². The van der Waals surface area contributed by atoms with Crippen molar-refractivity contribution >= 4 is 146 Å². The fourth-order valence-electron chi connectivity index (χ4n) is 12.0. The minimum atomic E-state index is 1.22. The molecule has 0 bridgehead atoms. The van der Waals surface area contributed by atoms with Crippen molar-refractivity contribution in [3.63, 3.8) is 0 Å². The van der Waals surface area contributed by atoms with Crippen molar-refractivity contribution in [2.45, 2.75) is 0 Å². The molecule has 0 saturated carbocycles. The second-order valence-electron chi connectivity index (χ2n) is 17.7. The Morgan fingerprint density at radius 1 is 0.206 bits per heavy atom. The van der Waals surface area contributed by atoms with Crippen molar-refractivity contribution in [2.24, 2.45) is 0 Å². The van der Waals surface area contributed by atoms with Gasteiger partial charge in [0.05, 0.1) is 33.1 Å². The molecule has 63 heavy (non-hydrogen) atoms. The summed E-state index contributed by atoms with van der Waals surface area (Å²) in [6, 6.07) is 68.7. The molecular formula is C60H33N3. The van der Waals surface area contributed by atoms with Crippen LogP contribution in [0.4, 0.5) is 0 Å². The summed E-state index contributed by atoms with van der Waals surface area (Å²) in [6.07, 6.45) is 6.90. The second-order valence-corrected chi connectivity index (χ2v) is 17.7. The highest BCUT2D eigenvalue weighted by Crippen LogP contribution is 2.50. The molecule has 0 N–H and O–H groups in total. The number of pyridine rings is 3. The van der Waals surface area contributed by atoms with Crippen LogP contribution in [0.5, 0.6) is 0 Å². The van der Waals surface area contributed by atoms with Crippen molar-refractivity contribution in [1.29, 1.82) is 0 Å². The highest BCUT2D eigenvalue weighted by Gasteiger charge is 2.26. The van der Waals surface area contributed by atoms with Crippen LogP contribution in [0.1, 0.15) is 0 Å². The largest absolute Gasteiger partial charge is 0.315 e. The van der Waals surface area contributed by atoms with Crippen LogP contribution in [0.25, 0.3) is 146 Å². The summed E-state index contributed by atoms with van der Waals surface area (Å²) in [5, 5.41) is 26.5. The Bertz CT molecular complexity index is 4270. The van der Waals surface area contributed by atoms with Gasteiger partial charge in [0, 0.05) is 50.9 Å². The molecule has 6 aromatic heterocycles. The third-order valence-corrected chi connectivity index (χ3v) is 14.6. The molecule has 16 aromatic rings. The minimum absolute atomic E-state index is 1.22. The highest BCUT2D eigenvalue weighted by atomic mass is 14.9. The molecule has 0 aliphatic carbocycles. The molecule has 0 saturated heterocycles. The Hall–Kier alpha value is -8.40. The monoisotopic (exact) mass is 795 g/mol. The highest BCUT2D eigenvalue weighted by molar-refractivity contribution is 6.43. The van der Waals surface area contributed by atoms with Gasteiger partial charge in [0.25, 0.3) is 0 Å². The molecule has 0 spiro atoms. The van der Waals surface area contributed by atoms with Crippen LogP contribution < -0.4 is 0 Å². The fraction of sp³-hybridized carbons (Fsp3) is 0. The van der Waals surface area contributed by atoms with E-state index in [-0.39, 0.29) is 0 Å². The maximum atomic E-state index is 2.51. The Kier molecular flexibility index (Phi) is 5.80. The number of fused-ring (bicyclic) bond motifs is 30. The molecule has 0 aliphatic heterocycles. The zero-order chi connectivity index (χ0) is 40.7. The van der Waals surface area contributed by atoms with Gasteiger partial charge in [0.2, 0.25) is 0 Å². The van der Waals surface area contributed by atoms with E-state index in [2.05, 4.69) is 214 Å². The van der Waals surface area contributed by atoms with Crippen LogP contribution >= 0.6 is 0 Å². The van der Waals surface area contributed by atoms with E-state index in [1.165, 1.54) is 146 Å². The second kappa shape index (κ2) is 11.3. The Morgan fingerprint density at radius 2 is 0.492 bits per heavy atom. The summed E-state index contributed by atoms with van der Waals surface area (Å²) in [5.74, 6) is 0. The third kappa shape index (κ3) is 3.97. The summed E-state index contributed by atoms with van der Waals surface area (Å²) in [5.41, 5.74) is 7.34.